The van der Waals surface area contributed by atoms with Crippen LogP contribution in [0.15, 0.2) is 35.3 Å². The van der Waals surface area contributed by atoms with Crippen LogP contribution in [-0.2, 0) is 20.1 Å². The van der Waals surface area contributed by atoms with E-state index in [1.54, 1.807) is 32.2 Å². The van der Waals surface area contributed by atoms with Crippen LogP contribution in [0.25, 0.3) is 22.2 Å². The van der Waals surface area contributed by atoms with E-state index < -0.39 is 5.82 Å². The third kappa shape index (κ3) is 3.27. The van der Waals surface area contributed by atoms with Gasteiger partial charge in [0.05, 0.1) is 28.8 Å². The second-order valence-electron chi connectivity index (χ2n) is 7.78. The molecule has 4 aromatic rings. The number of aromatic nitrogens is 5. The van der Waals surface area contributed by atoms with Gasteiger partial charge in [-0.3, -0.25) is 9.36 Å². The fourth-order valence-corrected chi connectivity index (χ4v) is 4.17. The third-order valence-corrected chi connectivity index (χ3v) is 5.94. The molecule has 3 aromatic heterocycles. The Morgan fingerprint density at radius 3 is 2.68 bits per heavy atom. The lowest BCUT2D eigenvalue weighted by Gasteiger charge is -2.29. The molecule has 0 atom stereocenters. The number of anilines is 1. The van der Waals surface area contributed by atoms with E-state index in [1.807, 2.05) is 13.1 Å². The molecule has 0 amide bonds. The largest absolute Gasteiger partial charge is 0.347 e. The summed E-state index contributed by atoms with van der Waals surface area (Å²) >= 11 is 5.95. The normalized spacial score (nSPS) is 13.6. The van der Waals surface area contributed by atoms with Crippen molar-refractivity contribution in [1.29, 1.82) is 0 Å². The SMILES string of the molecule is Cc1cn2c(n1)CN(c1cc3nc(C)n(C)c(=O)c3c(-c3ccc(Cl)cc3F)n1)CC2. The molecule has 5 rings (SSSR count). The zero-order chi connectivity index (χ0) is 21.9. The summed E-state index contributed by atoms with van der Waals surface area (Å²) in [7, 11) is 1.65. The van der Waals surface area contributed by atoms with Gasteiger partial charge in [0.15, 0.2) is 0 Å². The van der Waals surface area contributed by atoms with Crippen molar-refractivity contribution in [3.63, 3.8) is 0 Å². The molecule has 7 nitrogen and oxygen atoms in total. The van der Waals surface area contributed by atoms with Crippen LogP contribution in [0.2, 0.25) is 5.02 Å². The Labute approximate surface area is 182 Å². The number of benzene rings is 1. The summed E-state index contributed by atoms with van der Waals surface area (Å²) in [4.78, 5) is 29.1. The molecule has 1 aliphatic heterocycles. The molecule has 9 heteroatoms. The number of pyridine rings is 1. The van der Waals surface area contributed by atoms with Gasteiger partial charge in [0.25, 0.3) is 5.56 Å². The minimum atomic E-state index is -0.536. The lowest BCUT2D eigenvalue weighted by Crippen LogP contribution is -2.34. The summed E-state index contributed by atoms with van der Waals surface area (Å²) in [5.41, 5.74) is 1.66. The van der Waals surface area contributed by atoms with E-state index in [0.29, 0.717) is 30.2 Å². The van der Waals surface area contributed by atoms with E-state index >= 15 is 0 Å². The smallest absolute Gasteiger partial charge is 0.263 e. The standard InChI is InChI=1S/C22H20ClFN6O/c1-12-10-29-6-7-30(11-19(29)25-12)18-9-17-20(22(31)28(3)13(2)26-17)21(27-18)15-5-4-14(23)8-16(15)24/h4-5,8-10H,6-7,11H2,1-3H3. The second kappa shape index (κ2) is 7.16. The van der Waals surface area contributed by atoms with Crippen LogP contribution in [0.1, 0.15) is 17.3 Å². The summed E-state index contributed by atoms with van der Waals surface area (Å²) in [6.07, 6.45) is 2.03. The summed E-state index contributed by atoms with van der Waals surface area (Å²) < 4.78 is 18.4. The van der Waals surface area contributed by atoms with Crippen LogP contribution in [0.4, 0.5) is 10.2 Å². The molecule has 0 aliphatic carbocycles. The predicted octanol–water partition coefficient (Wildman–Crippen LogP) is 3.62. The first kappa shape index (κ1) is 19.7. The van der Waals surface area contributed by atoms with Crippen molar-refractivity contribution in [3.05, 3.63) is 69.0 Å². The molecule has 0 saturated heterocycles. The lowest BCUT2D eigenvalue weighted by molar-refractivity contribution is 0.556. The Kier molecular flexibility index (Phi) is 4.55. The molecule has 4 heterocycles. The second-order valence-corrected chi connectivity index (χ2v) is 8.22. The van der Waals surface area contributed by atoms with Gasteiger partial charge < -0.3 is 9.47 Å². The molecule has 0 saturated carbocycles. The first-order valence-electron chi connectivity index (χ1n) is 9.93. The van der Waals surface area contributed by atoms with Gasteiger partial charge in [0.2, 0.25) is 0 Å². The van der Waals surface area contributed by atoms with Crippen LogP contribution >= 0.6 is 11.6 Å². The van der Waals surface area contributed by atoms with Crippen molar-refractivity contribution in [1.82, 2.24) is 24.1 Å². The zero-order valence-electron chi connectivity index (χ0n) is 17.4. The minimum Gasteiger partial charge on any atom is -0.347 e. The van der Waals surface area contributed by atoms with Gasteiger partial charge in [-0.2, -0.15) is 0 Å². The maximum atomic E-state index is 14.9. The first-order valence-corrected chi connectivity index (χ1v) is 10.3. The van der Waals surface area contributed by atoms with Crippen molar-refractivity contribution in [2.75, 3.05) is 11.4 Å². The lowest BCUT2D eigenvalue weighted by atomic mass is 10.1. The molecule has 0 N–H and O–H groups in total. The number of fused-ring (bicyclic) bond motifs is 2. The topological polar surface area (TPSA) is 68.8 Å². The van der Waals surface area contributed by atoms with Crippen molar-refractivity contribution < 1.29 is 4.39 Å². The van der Waals surface area contributed by atoms with Crippen LogP contribution < -0.4 is 10.5 Å². The van der Waals surface area contributed by atoms with Gasteiger partial charge in [0.1, 0.15) is 23.3 Å². The molecular weight excluding hydrogens is 419 g/mol. The van der Waals surface area contributed by atoms with E-state index in [4.69, 9.17) is 16.6 Å². The molecule has 1 aromatic carbocycles. The highest BCUT2D eigenvalue weighted by molar-refractivity contribution is 6.30. The Balaban J connectivity index is 1.74. The van der Waals surface area contributed by atoms with Crippen LogP contribution in [-0.4, -0.2) is 30.6 Å². The Morgan fingerprint density at radius 1 is 1.10 bits per heavy atom. The Morgan fingerprint density at radius 2 is 1.90 bits per heavy atom. The molecule has 0 fully saturated rings. The van der Waals surface area contributed by atoms with E-state index in [1.165, 1.54) is 10.6 Å². The monoisotopic (exact) mass is 438 g/mol. The summed E-state index contributed by atoms with van der Waals surface area (Å²) in [6.45, 7) is 5.79. The molecule has 31 heavy (non-hydrogen) atoms. The molecule has 1 aliphatic rings. The number of halogens is 2. The molecule has 0 bridgehead atoms. The van der Waals surface area contributed by atoms with Crippen molar-refractivity contribution in [2.45, 2.75) is 26.9 Å². The fourth-order valence-electron chi connectivity index (χ4n) is 4.01. The minimum absolute atomic E-state index is 0.216. The highest BCUT2D eigenvalue weighted by atomic mass is 35.5. The van der Waals surface area contributed by atoms with Crippen LogP contribution in [0, 0.1) is 19.7 Å². The van der Waals surface area contributed by atoms with Crippen LogP contribution in [0.3, 0.4) is 0 Å². The van der Waals surface area contributed by atoms with Gasteiger partial charge in [-0.25, -0.2) is 19.3 Å². The maximum absolute atomic E-state index is 14.9. The highest BCUT2D eigenvalue weighted by Crippen LogP contribution is 2.32. The predicted molar refractivity (Wildman–Crippen MR) is 118 cm³/mol. The molecule has 158 valence electrons. The van der Waals surface area contributed by atoms with Crippen molar-refractivity contribution in [3.8, 4) is 11.3 Å². The maximum Gasteiger partial charge on any atom is 0.263 e. The van der Waals surface area contributed by atoms with Gasteiger partial charge in [-0.1, -0.05) is 11.6 Å². The third-order valence-electron chi connectivity index (χ3n) is 5.70. The van der Waals surface area contributed by atoms with E-state index in [-0.39, 0.29) is 27.2 Å². The molecule has 0 radical (unpaired) electrons. The fraction of sp³-hybridized carbons (Fsp3) is 0.273. The van der Waals surface area contributed by atoms with Crippen molar-refractivity contribution in [2.24, 2.45) is 7.05 Å². The number of imidazole rings is 1. The van der Waals surface area contributed by atoms with E-state index in [9.17, 15) is 9.18 Å². The average molecular weight is 439 g/mol. The Bertz CT molecular complexity index is 1410. The summed E-state index contributed by atoms with van der Waals surface area (Å²) in [5, 5.41) is 0.564. The highest BCUT2D eigenvalue weighted by Gasteiger charge is 2.23. The van der Waals surface area contributed by atoms with Gasteiger partial charge in [-0.15, -0.1) is 0 Å². The van der Waals surface area contributed by atoms with Gasteiger partial charge >= 0.3 is 0 Å². The number of rotatable bonds is 2. The average Bonchev–Trinajstić information content (AvgIpc) is 3.10. The molecule has 0 spiro atoms. The van der Waals surface area contributed by atoms with E-state index in [2.05, 4.69) is 19.4 Å². The van der Waals surface area contributed by atoms with Gasteiger partial charge in [-0.05, 0) is 32.0 Å². The number of nitrogens with zero attached hydrogens (tertiary/aromatic N) is 6. The van der Waals surface area contributed by atoms with Gasteiger partial charge in [0, 0.05) is 43.0 Å². The van der Waals surface area contributed by atoms with E-state index in [0.717, 1.165) is 18.1 Å². The quantitative estimate of drug-likeness (QED) is 0.478. The number of hydrogen-bond donors (Lipinski definition) is 0. The first-order chi connectivity index (χ1) is 14.8. The summed E-state index contributed by atoms with van der Waals surface area (Å²) in [5.74, 6) is 1.61. The van der Waals surface area contributed by atoms with Crippen molar-refractivity contribution >= 4 is 28.3 Å². The summed E-state index contributed by atoms with van der Waals surface area (Å²) in [6, 6.07) is 6.16. The molecule has 0 unspecified atom stereocenters. The zero-order valence-corrected chi connectivity index (χ0v) is 18.1. The molecular formula is C22H20ClFN6O. The number of aryl methyl sites for hydroxylation is 2. The van der Waals surface area contributed by atoms with Crippen LogP contribution in [0.5, 0.6) is 0 Å². The number of hydrogen-bond acceptors (Lipinski definition) is 5. The Hall–Kier alpha value is -3.26.